The molecular formula is C13H22N2. The molecule has 0 heterocycles. The maximum absolute atomic E-state index is 5.61. The highest BCUT2D eigenvalue weighted by molar-refractivity contribution is 5.21. The van der Waals surface area contributed by atoms with Gasteiger partial charge in [-0.2, -0.15) is 0 Å². The van der Waals surface area contributed by atoms with Gasteiger partial charge in [-0.3, -0.25) is 0 Å². The maximum atomic E-state index is 5.61. The smallest absolute Gasteiger partial charge is 0.0230 e. The summed E-state index contributed by atoms with van der Waals surface area (Å²) in [5, 5.41) is 0. The van der Waals surface area contributed by atoms with Crippen LogP contribution in [0.15, 0.2) is 24.3 Å². The number of nitrogens with two attached hydrogens (primary N) is 1. The van der Waals surface area contributed by atoms with Crippen LogP contribution in [0.25, 0.3) is 0 Å². The van der Waals surface area contributed by atoms with Crippen LogP contribution in [-0.4, -0.2) is 25.0 Å². The van der Waals surface area contributed by atoms with E-state index in [1.165, 1.54) is 11.1 Å². The summed E-state index contributed by atoms with van der Waals surface area (Å²) in [6.45, 7) is 7.15. The van der Waals surface area contributed by atoms with Gasteiger partial charge in [-0.05, 0) is 32.0 Å². The molecule has 0 saturated heterocycles. The number of aryl methyl sites for hydroxylation is 1. The van der Waals surface area contributed by atoms with Gasteiger partial charge >= 0.3 is 0 Å². The normalized spacial score (nSPS) is 13.1. The molecule has 1 atom stereocenters. The third-order valence-electron chi connectivity index (χ3n) is 2.56. The molecule has 0 bridgehead atoms. The molecule has 0 saturated carbocycles. The Kier molecular flexibility index (Phi) is 4.79. The monoisotopic (exact) mass is 206 g/mol. The second-order valence-electron chi connectivity index (χ2n) is 4.53. The van der Waals surface area contributed by atoms with Crippen molar-refractivity contribution in [2.45, 2.75) is 20.4 Å². The molecule has 1 aromatic carbocycles. The minimum Gasteiger partial charge on any atom is -0.330 e. The van der Waals surface area contributed by atoms with E-state index in [9.17, 15) is 0 Å². The van der Waals surface area contributed by atoms with Gasteiger partial charge in [0.1, 0.15) is 0 Å². The van der Waals surface area contributed by atoms with Gasteiger partial charge in [-0.1, -0.05) is 36.8 Å². The molecule has 1 rings (SSSR count). The van der Waals surface area contributed by atoms with Crippen molar-refractivity contribution in [2.24, 2.45) is 11.7 Å². The Hall–Kier alpha value is -0.860. The lowest BCUT2D eigenvalue weighted by molar-refractivity contribution is 0.282. The fraction of sp³-hybridized carbons (Fsp3) is 0.538. The quantitative estimate of drug-likeness (QED) is 0.798. The van der Waals surface area contributed by atoms with Crippen molar-refractivity contribution in [3.8, 4) is 0 Å². The topological polar surface area (TPSA) is 29.3 Å². The summed E-state index contributed by atoms with van der Waals surface area (Å²) < 4.78 is 0. The van der Waals surface area contributed by atoms with Crippen molar-refractivity contribution in [1.82, 2.24) is 4.90 Å². The van der Waals surface area contributed by atoms with Gasteiger partial charge in [0, 0.05) is 13.1 Å². The maximum Gasteiger partial charge on any atom is 0.0230 e. The Labute approximate surface area is 93.1 Å². The van der Waals surface area contributed by atoms with Crippen LogP contribution >= 0.6 is 0 Å². The number of hydrogen-bond acceptors (Lipinski definition) is 2. The van der Waals surface area contributed by atoms with Gasteiger partial charge in [0.25, 0.3) is 0 Å². The lowest BCUT2D eigenvalue weighted by Crippen LogP contribution is -2.28. The predicted molar refractivity (Wildman–Crippen MR) is 65.7 cm³/mol. The fourth-order valence-electron chi connectivity index (χ4n) is 1.79. The van der Waals surface area contributed by atoms with E-state index in [2.05, 4.69) is 50.1 Å². The second kappa shape index (κ2) is 5.89. The summed E-state index contributed by atoms with van der Waals surface area (Å²) in [5.41, 5.74) is 8.31. The van der Waals surface area contributed by atoms with Crippen molar-refractivity contribution >= 4 is 0 Å². The van der Waals surface area contributed by atoms with E-state index in [1.807, 2.05) is 0 Å². The van der Waals surface area contributed by atoms with Crippen molar-refractivity contribution in [1.29, 1.82) is 0 Å². The zero-order chi connectivity index (χ0) is 11.3. The van der Waals surface area contributed by atoms with Gasteiger partial charge in [0.05, 0.1) is 0 Å². The van der Waals surface area contributed by atoms with Crippen molar-refractivity contribution < 1.29 is 0 Å². The Balaban J connectivity index is 2.47. The lowest BCUT2D eigenvalue weighted by atomic mass is 10.1. The zero-order valence-corrected chi connectivity index (χ0v) is 10.0. The number of nitrogens with zero attached hydrogens (tertiary/aromatic N) is 1. The van der Waals surface area contributed by atoms with E-state index in [0.717, 1.165) is 19.6 Å². The third kappa shape index (κ3) is 4.45. The molecule has 0 fully saturated rings. The minimum absolute atomic E-state index is 0.569. The average molecular weight is 206 g/mol. The van der Waals surface area contributed by atoms with E-state index < -0.39 is 0 Å². The van der Waals surface area contributed by atoms with Crippen LogP contribution in [0.5, 0.6) is 0 Å². The van der Waals surface area contributed by atoms with E-state index in [1.54, 1.807) is 0 Å². The van der Waals surface area contributed by atoms with Crippen LogP contribution in [-0.2, 0) is 6.54 Å². The van der Waals surface area contributed by atoms with Crippen molar-refractivity contribution in [3.63, 3.8) is 0 Å². The van der Waals surface area contributed by atoms with Crippen LogP contribution in [0.3, 0.4) is 0 Å². The van der Waals surface area contributed by atoms with Gasteiger partial charge in [0.2, 0.25) is 0 Å². The Morgan fingerprint density at radius 2 is 2.13 bits per heavy atom. The second-order valence-corrected chi connectivity index (χ2v) is 4.53. The van der Waals surface area contributed by atoms with Gasteiger partial charge in [0.15, 0.2) is 0 Å². The van der Waals surface area contributed by atoms with Crippen LogP contribution in [0.4, 0.5) is 0 Å². The minimum atomic E-state index is 0.569. The zero-order valence-electron chi connectivity index (χ0n) is 10.0. The molecular weight excluding hydrogens is 184 g/mol. The first-order valence-corrected chi connectivity index (χ1v) is 5.56. The summed E-state index contributed by atoms with van der Waals surface area (Å²) in [6, 6.07) is 8.66. The van der Waals surface area contributed by atoms with E-state index in [-0.39, 0.29) is 0 Å². The molecule has 0 amide bonds. The molecule has 2 nitrogen and oxygen atoms in total. The molecule has 0 aliphatic heterocycles. The van der Waals surface area contributed by atoms with Crippen LogP contribution in [0.2, 0.25) is 0 Å². The van der Waals surface area contributed by atoms with Crippen LogP contribution < -0.4 is 5.73 Å². The molecule has 2 N–H and O–H groups in total. The highest BCUT2D eigenvalue weighted by Crippen LogP contribution is 2.07. The Bertz CT molecular complexity index is 296. The Morgan fingerprint density at radius 3 is 2.73 bits per heavy atom. The molecule has 1 aromatic rings. The number of rotatable bonds is 5. The summed E-state index contributed by atoms with van der Waals surface area (Å²) >= 11 is 0. The van der Waals surface area contributed by atoms with E-state index in [4.69, 9.17) is 5.73 Å². The summed E-state index contributed by atoms with van der Waals surface area (Å²) in [6.07, 6.45) is 0. The summed E-state index contributed by atoms with van der Waals surface area (Å²) in [5.74, 6) is 0.569. The Morgan fingerprint density at radius 1 is 1.40 bits per heavy atom. The summed E-state index contributed by atoms with van der Waals surface area (Å²) in [7, 11) is 2.15. The number of benzene rings is 1. The van der Waals surface area contributed by atoms with Gasteiger partial charge < -0.3 is 10.6 Å². The molecule has 0 aromatic heterocycles. The SMILES string of the molecule is Cc1cccc(CN(C)CC(C)CN)c1. The van der Waals surface area contributed by atoms with Gasteiger partial charge in [-0.15, -0.1) is 0 Å². The van der Waals surface area contributed by atoms with Crippen LogP contribution in [0.1, 0.15) is 18.1 Å². The number of hydrogen-bond donors (Lipinski definition) is 1. The van der Waals surface area contributed by atoms with Crippen molar-refractivity contribution in [2.75, 3.05) is 20.1 Å². The highest BCUT2D eigenvalue weighted by atomic mass is 15.1. The van der Waals surface area contributed by atoms with Crippen LogP contribution in [0, 0.1) is 12.8 Å². The highest BCUT2D eigenvalue weighted by Gasteiger charge is 2.05. The molecule has 15 heavy (non-hydrogen) atoms. The largest absolute Gasteiger partial charge is 0.330 e. The third-order valence-corrected chi connectivity index (χ3v) is 2.56. The average Bonchev–Trinajstić information content (AvgIpc) is 2.17. The first-order valence-electron chi connectivity index (χ1n) is 5.56. The van der Waals surface area contributed by atoms with E-state index >= 15 is 0 Å². The predicted octanol–water partition coefficient (Wildman–Crippen LogP) is 2.02. The first-order chi connectivity index (χ1) is 7.11. The fourth-order valence-corrected chi connectivity index (χ4v) is 1.79. The molecule has 0 aliphatic carbocycles. The molecule has 84 valence electrons. The standard InChI is InChI=1S/C13H22N2/c1-11-5-4-6-13(7-11)10-15(3)9-12(2)8-14/h4-7,12H,8-10,14H2,1-3H3. The van der Waals surface area contributed by atoms with Crippen molar-refractivity contribution in [3.05, 3.63) is 35.4 Å². The van der Waals surface area contributed by atoms with Gasteiger partial charge in [-0.25, -0.2) is 0 Å². The lowest BCUT2D eigenvalue weighted by Gasteiger charge is -2.20. The molecule has 0 aliphatic rings. The van der Waals surface area contributed by atoms with E-state index in [0.29, 0.717) is 5.92 Å². The molecule has 0 radical (unpaired) electrons. The first kappa shape index (κ1) is 12.2. The molecule has 2 heteroatoms. The summed E-state index contributed by atoms with van der Waals surface area (Å²) in [4.78, 5) is 2.33. The molecule has 0 spiro atoms. The molecule has 1 unspecified atom stereocenters.